The summed E-state index contributed by atoms with van der Waals surface area (Å²) in [6.45, 7) is 0. The zero-order valence-corrected chi connectivity index (χ0v) is 45.4. The number of furan rings is 1. The van der Waals surface area contributed by atoms with Crippen molar-refractivity contribution in [2.75, 3.05) is 0 Å². The van der Waals surface area contributed by atoms with Crippen molar-refractivity contribution in [3.05, 3.63) is 315 Å². The normalized spacial score (nSPS) is 16.1. The second-order valence-corrected chi connectivity index (χ2v) is 21.2. The molecule has 19 aromatic rings. The Morgan fingerprint density at radius 1 is 0.230 bits per heavy atom. The van der Waals surface area contributed by atoms with Crippen LogP contribution in [0.1, 0.15) is 35.6 Å². The van der Waals surface area contributed by atoms with Crippen LogP contribution in [0.3, 0.4) is 0 Å². The lowest BCUT2D eigenvalue weighted by atomic mass is 9.84. The van der Waals surface area contributed by atoms with E-state index in [1.54, 1.807) is 0 Å². The molecule has 0 radical (unpaired) electrons. The first-order valence-electron chi connectivity index (χ1n) is 41.0. The van der Waals surface area contributed by atoms with Crippen molar-refractivity contribution < 1.29 is 40.1 Å². The topological polar surface area (TPSA) is 13.1 Å². The molecule has 0 aliphatic heterocycles. The van der Waals surface area contributed by atoms with Crippen LogP contribution < -0.4 is 0 Å². The van der Waals surface area contributed by atoms with Gasteiger partial charge in [-0.15, -0.1) is 0 Å². The van der Waals surface area contributed by atoms with Crippen molar-refractivity contribution in [3.63, 3.8) is 0 Å². The molecule has 0 aliphatic carbocycles. The summed E-state index contributed by atoms with van der Waals surface area (Å²) >= 11 is 0. The maximum absolute atomic E-state index is 10.0. The average Bonchev–Trinajstić information content (AvgIpc) is 1.22. The van der Waals surface area contributed by atoms with E-state index in [-0.39, 0.29) is 21.5 Å². The van der Waals surface area contributed by atoms with E-state index in [1.807, 2.05) is 0 Å². The first-order valence-corrected chi connectivity index (χ1v) is 28.0. The van der Waals surface area contributed by atoms with Crippen LogP contribution in [0.15, 0.2) is 319 Å². The maximum atomic E-state index is 10.0. The van der Waals surface area contributed by atoms with Gasteiger partial charge in [-0.3, -0.25) is 0 Å². The van der Waals surface area contributed by atoms with Crippen LogP contribution in [-0.4, -0.2) is 0 Å². The molecule has 0 unspecified atom stereocenters. The molecule has 0 amide bonds. The predicted octanol–water partition coefficient (Wildman–Crippen LogP) is 24.5. The Morgan fingerprint density at radius 3 is 1.32 bits per heavy atom. The highest BCUT2D eigenvalue weighted by Gasteiger charge is 2.22. The third-order valence-electron chi connectivity index (χ3n) is 16.5. The van der Waals surface area contributed by atoms with Crippen LogP contribution in [0.2, 0.25) is 0 Å². The Kier molecular flexibility index (Phi) is 6.74. The standard InChI is InChI=1S/C44H26.C42H26O/c1-2-6-27(7-3-1)34-24-35(37-20-16-32-14-12-28-8-4-10-30-18-22-39(37)43(32)41(28)30)26-36(25-34)38-21-17-33-15-13-29-9-5-11-31-19-23-40(38)44(33)42(29)31;1-2-12-27(13-3-1)29-15-10-16-30(26-29)39-32-18-6-8-20-34(32)40(35-21-9-7-19-33(35)39)36-22-11-23-38-41(36)37-25-24-28-14-4-5-17-31(28)42(37)43-38/h1-26H;1-26H/i1D,2D,3D,4D,5D,6D,7D,8D,9D,10D,11D,12D,13D,14D,15D,16D,17D,18D,19D,20D,21D,22D,23D,24D,25D,26D;. The average molecular weight is 1130 g/mol. The summed E-state index contributed by atoms with van der Waals surface area (Å²) in [6, 6.07) is 34.3. The van der Waals surface area contributed by atoms with Crippen LogP contribution in [0.25, 0.3) is 186 Å². The molecule has 0 aliphatic rings. The molecule has 1 aromatic heterocycles. The minimum absolute atomic E-state index is 0.312. The molecule has 87 heavy (non-hydrogen) atoms. The Morgan fingerprint density at radius 2 is 0.713 bits per heavy atom. The van der Waals surface area contributed by atoms with Gasteiger partial charge >= 0.3 is 0 Å². The molecule has 18 aromatic carbocycles. The molecular weight excluding hydrogens is 1050 g/mol. The van der Waals surface area contributed by atoms with E-state index in [2.05, 4.69) is 158 Å². The fourth-order valence-corrected chi connectivity index (χ4v) is 12.7. The van der Waals surface area contributed by atoms with E-state index in [1.165, 1.54) is 60.3 Å². The molecule has 402 valence electrons. The Labute approximate surface area is 539 Å². The molecule has 0 fully saturated rings. The Balaban J connectivity index is 0.000000176. The van der Waals surface area contributed by atoms with Gasteiger partial charge in [-0.1, -0.05) is 279 Å². The summed E-state index contributed by atoms with van der Waals surface area (Å²) in [4.78, 5) is 0. The molecule has 0 bridgehead atoms. The SMILES string of the molecule is [2H]c1c([2H])c([2H])c(-c2c([2H])c(-c3c([2H])c([2H])c4c([2H])c([2H])c5c([2H])c([2H])c([2H])c6c([2H])c([2H])c3c4c56)c([2H])c(-c3c([2H])c([2H])c4c([2H])c([2H])c5c([2H])c([2H])c([2H])c6c([2H])c([2H])c3c4c56)c2[2H])c([2H])c1[2H].c1ccc(-c2cccc(-c3c4ccccc4c(-c4cccc5oc6c7ccccc7ccc6c45)c4ccccc34)c2)cc1. The summed E-state index contributed by atoms with van der Waals surface area (Å²) in [5.74, 6) is 0. The van der Waals surface area contributed by atoms with E-state index in [0.717, 1.165) is 27.3 Å². The van der Waals surface area contributed by atoms with Crippen molar-refractivity contribution in [2.24, 2.45) is 0 Å². The number of fused-ring (bicyclic) bond motifs is 7. The molecule has 0 saturated heterocycles. The van der Waals surface area contributed by atoms with Gasteiger partial charge in [-0.05, 0) is 195 Å². The van der Waals surface area contributed by atoms with Crippen LogP contribution in [-0.2, 0) is 0 Å². The lowest BCUT2D eigenvalue weighted by Crippen LogP contribution is -1.91. The van der Waals surface area contributed by atoms with Gasteiger partial charge < -0.3 is 4.42 Å². The first kappa shape index (κ1) is 29.9. The number of hydrogen-bond donors (Lipinski definition) is 0. The van der Waals surface area contributed by atoms with E-state index in [4.69, 9.17) is 25.0 Å². The third kappa shape index (κ3) is 7.80. The van der Waals surface area contributed by atoms with Gasteiger partial charge in [0.1, 0.15) is 11.2 Å². The van der Waals surface area contributed by atoms with Crippen molar-refractivity contribution in [1.29, 1.82) is 0 Å². The molecular formula is C86H52O. The quantitative estimate of drug-likeness (QED) is 0.119. The third-order valence-corrected chi connectivity index (χ3v) is 16.5. The Hall–Kier alpha value is -11.4. The molecule has 1 heteroatoms. The van der Waals surface area contributed by atoms with Gasteiger partial charge in [0.05, 0.1) is 35.6 Å². The first-order chi connectivity index (χ1) is 54.0. The summed E-state index contributed by atoms with van der Waals surface area (Å²) in [7, 11) is 0. The monoisotopic (exact) mass is 1130 g/mol. The summed E-state index contributed by atoms with van der Waals surface area (Å²) in [5, 5.41) is 4.39. The van der Waals surface area contributed by atoms with E-state index in [0.29, 0.717) is 0 Å². The van der Waals surface area contributed by atoms with E-state index >= 15 is 0 Å². The van der Waals surface area contributed by atoms with Crippen molar-refractivity contribution >= 4 is 119 Å². The minimum atomic E-state index is -1.06. The summed E-state index contributed by atoms with van der Waals surface area (Å²) in [5.41, 5.74) is 4.30. The van der Waals surface area contributed by atoms with E-state index in [9.17, 15) is 15.1 Å². The van der Waals surface area contributed by atoms with Crippen LogP contribution in [0, 0.1) is 0 Å². The van der Waals surface area contributed by atoms with Crippen molar-refractivity contribution in [3.8, 4) is 66.8 Å². The highest BCUT2D eigenvalue weighted by molar-refractivity contribution is 6.29. The number of benzene rings is 18. The second-order valence-electron chi connectivity index (χ2n) is 21.2. The summed E-state index contributed by atoms with van der Waals surface area (Å²) in [6.07, 6.45) is 0. The zero-order valence-electron chi connectivity index (χ0n) is 71.4. The number of rotatable bonds is 6. The van der Waals surface area contributed by atoms with Gasteiger partial charge in [0, 0.05) is 16.2 Å². The van der Waals surface area contributed by atoms with Crippen molar-refractivity contribution in [2.45, 2.75) is 0 Å². The molecule has 1 heterocycles. The molecule has 19 rings (SSSR count). The molecule has 1 nitrogen and oxygen atoms in total. The highest BCUT2D eigenvalue weighted by atomic mass is 16.3. The highest BCUT2D eigenvalue weighted by Crippen LogP contribution is 2.49. The zero-order chi connectivity index (χ0) is 79.7. The lowest BCUT2D eigenvalue weighted by molar-refractivity contribution is 0.673. The van der Waals surface area contributed by atoms with E-state index < -0.39 is 234 Å². The molecule has 0 N–H and O–H groups in total. The van der Waals surface area contributed by atoms with Gasteiger partial charge in [0.15, 0.2) is 0 Å². The minimum Gasteiger partial charge on any atom is -0.455 e. The van der Waals surface area contributed by atoms with Gasteiger partial charge in [0.2, 0.25) is 0 Å². The smallest absolute Gasteiger partial charge is 0.143 e. The summed E-state index contributed by atoms with van der Waals surface area (Å²) < 4.78 is 242. The van der Waals surface area contributed by atoms with Gasteiger partial charge in [-0.2, -0.15) is 0 Å². The fourth-order valence-electron chi connectivity index (χ4n) is 12.7. The lowest BCUT2D eigenvalue weighted by Gasteiger charge is -2.18. The molecule has 0 atom stereocenters. The Bertz CT molecular complexity index is 7200. The molecule has 0 spiro atoms. The van der Waals surface area contributed by atoms with Gasteiger partial charge in [-0.25, -0.2) is 0 Å². The van der Waals surface area contributed by atoms with Crippen LogP contribution in [0.4, 0.5) is 0 Å². The molecule has 0 saturated carbocycles. The van der Waals surface area contributed by atoms with Crippen LogP contribution >= 0.6 is 0 Å². The largest absolute Gasteiger partial charge is 0.455 e. The predicted molar refractivity (Wildman–Crippen MR) is 373 cm³/mol. The van der Waals surface area contributed by atoms with Crippen LogP contribution in [0.5, 0.6) is 0 Å². The van der Waals surface area contributed by atoms with Gasteiger partial charge in [0.25, 0.3) is 0 Å². The number of hydrogen-bond acceptors (Lipinski definition) is 1. The van der Waals surface area contributed by atoms with Crippen molar-refractivity contribution in [1.82, 2.24) is 0 Å². The fraction of sp³-hybridized carbons (Fsp3) is 0. The maximum Gasteiger partial charge on any atom is 0.143 e. The second kappa shape index (κ2) is 19.6.